The van der Waals surface area contributed by atoms with E-state index in [1.807, 2.05) is 0 Å². The van der Waals surface area contributed by atoms with E-state index in [0.29, 0.717) is 0 Å². The average Bonchev–Trinajstić information content (AvgIpc) is 2.14. The van der Waals surface area contributed by atoms with Gasteiger partial charge in [0.15, 0.2) is 0 Å². The van der Waals surface area contributed by atoms with Crippen molar-refractivity contribution in [3.05, 3.63) is 0 Å². The van der Waals surface area contributed by atoms with Crippen molar-refractivity contribution in [1.29, 1.82) is 0 Å². The van der Waals surface area contributed by atoms with Gasteiger partial charge >= 0.3 is 5.76 Å². The first-order valence-electron chi connectivity index (χ1n) is 3.86. The van der Waals surface area contributed by atoms with Crippen LogP contribution in [-0.4, -0.2) is 43.1 Å². The quantitative estimate of drug-likeness (QED) is 0.564. The van der Waals surface area contributed by atoms with E-state index >= 15 is 0 Å². The van der Waals surface area contributed by atoms with Crippen molar-refractivity contribution in [2.24, 2.45) is 0 Å². The Labute approximate surface area is 80.8 Å². The maximum Gasteiger partial charge on any atom is 0.350 e. The number of nitrogens with one attached hydrogen (secondary N) is 1. The number of aliphatic hydroxyl groups excluding tert-OH is 2. The van der Waals surface area contributed by atoms with Gasteiger partial charge in [0.05, 0.1) is 18.8 Å². The first-order chi connectivity index (χ1) is 6.33. The van der Waals surface area contributed by atoms with Crippen LogP contribution in [0.15, 0.2) is 0 Å². The topological polar surface area (TPSA) is 86.6 Å². The lowest BCUT2D eigenvalue weighted by Gasteiger charge is -2.28. The molecule has 0 amide bonds. The smallest absolute Gasteiger partial charge is 0.350 e. The lowest BCUT2D eigenvalue weighted by Crippen LogP contribution is -2.54. The van der Waals surface area contributed by atoms with Gasteiger partial charge in [0.25, 0.3) is 10.0 Å². The summed E-state index contributed by atoms with van der Waals surface area (Å²) in [6.45, 7) is -0.0294. The van der Waals surface area contributed by atoms with Gasteiger partial charge < -0.3 is 10.2 Å². The van der Waals surface area contributed by atoms with Crippen LogP contribution in [0.4, 0.5) is 8.78 Å². The van der Waals surface area contributed by atoms with E-state index in [1.165, 1.54) is 6.92 Å². The number of halogens is 2. The molecule has 5 nitrogen and oxygen atoms in total. The number of sulfonamides is 1. The van der Waals surface area contributed by atoms with Crippen molar-refractivity contribution in [3.8, 4) is 0 Å². The monoisotopic (exact) mass is 233 g/mol. The Kier molecular flexibility index (Phi) is 4.85. The molecule has 0 unspecified atom stereocenters. The maximum atomic E-state index is 11.9. The molecule has 0 aliphatic carbocycles. The summed E-state index contributed by atoms with van der Waals surface area (Å²) in [6, 6.07) is 0. The van der Waals surface area contributed by atoms with Crippen molar-refractivity contribution >= 4 is 10.0 Å². The molecule has 86 valence electrons. The summed E-state index contributed by atoms with van der Waals surface area (Å²) in [7, 11) is -4.80. The van der Waals surface area contributed by atoms with Gasteiger partial charge in [-0.15, -0.1) is 0 Å². The molecule has 0 heterocycles. The average molecular weight is 233 g/mol. The van der Waals surface area contributed by atoms with Gasteiger partial charge in [0.1, 0.15) is 0 Å². The van der Waals surface area contributed by atoms with Crippen molar-refractivity contribution in [2.45, 2.75) is 24.6 Å². The molecule has 0 rings (SSSR count). The van der Waals surface area contributed by atoms with Gasteiger partial charge in [0.2, 0.25) is 0 Å². The zero-order chi connectivity index (χ0) is 11.4. The van der Waals surface area contributed by atoms with Gasteiger partial charge in [-0.05, 0) is 6.42 Å². The molecule has 0 bridgehead atoms. The molecule has 0 aromatic carbocycles. The Bertz CT molecular complexity index is 255. The van der Waals surface area contributed by atoms with Crippen LogP contribution in [0.25, 0.3) is 0 Å². The van der Waals surface area contributed by atoms with Gasteiger partial charge in [-0.25, -0.2) is 8.42 Å². The minimum atomic E-state index is -4.80. The molecule has 0 aliphatic rings. The third-order valence-electron chi connectivity index (χ3n) is 1.88. The standard InChI is InChI=1S/C6H13F2NO4S/c1-2-6(3-10,4-11)9-14(12,13)5(7)8/h5,9-11H,2-4H2,1H3. The fourth-order valence-electron chi connectivity index (χ4n) is 0.757. The minimum absolute atomic E-state index is 0.00590. The normalized spacial score (nSPS) is 13.6. The van der Waals surface area contributed by atoms with Crippen LogP contribution >= 0.6 is 0 Å². The largest absolute Gasteiger partial charge is 0.394 e. The summed E-state index contributed by atoms with van der Waals surface area (Å²) in [4.78, 5) is 0. The van der Waals surface area contributed by atoms with E-state index < -0.39 is 34.5 Å². The molecule has 8 heteroatoms. The fourth-order valence-corrected chi connectivity index (χ4v) is 1.72. The summed E-state index contributed by atoms with van der Waals surface area (Å²) >= 11 is 0. The van der Waals surface area contributed by atoms with Crippen molar-refractivity contribution in [1.82, 2.24) is 4.72 Å². The van der Waals surface area contributed by atoms with Gasteiger partial charge in [0, 0.05) is 0 Å². The predicted molar refractivity (Wildman–Crippen MR) is 45.3 cm³/mol. The van der Waals surface area contributed by atoms with E-state index in [4.69, 9.17) is 10.2 Å². The third-order valence-corrected chi connectivity index (χ3v) is 3.06. The highest BCUT2D eigenvalue weighted by atomic mass is 32.2. The second-order valence-electron chi connectivity index (χ2n) is 2.86. The number of hydrogen-bond acceptors (Lipinski definition) is 4. The predicted octanol–water partition coefficient (Wildman–Crippen LogP) is -0.738. The molecule has 0 radical (unpaired) electrons. The Balaban J connectivity index is 4.78. The molecule has 0 saturated carbocycles. The number of hydrogen-bond donors (Lipinski definition) is 3. The van der Waals surface area contributed by atoms with Crippen LogP contribution in [0, 0.1) is 0 Å². The van der Waals surface area contributed by atoms with Crippen molar-refractivity contribution in [3.63, 3.8) is 0 Å². The summed E-state index contributed by atoms with van der Waals surface area (Å²) in [5.41, 5.74) is -1.62. The first-order valence-corrected chi connectivity index (χ1v) is 5.41. The van der Waals surface area contributed by atoms with E-state index in [0.717, 1.165) is 0 Å². The van der Waals surface area contributed by atoms with E-state index in [2.05, 4.69) is 0 Å². The zero-order valence-electron chi connectivity index (χ0n) is 7.57. The maximum absolute atomic E-state index is 11.9. The van der Waals surface area contributed by atoms with E-state index in [9.17, 15) is 17.2 Å². The SMILES string of the molecule is CCC(CO)(CO)NS(=O)(=O)C(F)F. The molecule has 0 aliphatic heterocycles. The Hall–Kier alpha value is -0.310. The summed E-state index contributed by atoms with van der Waals surface area (Å²) in [5, 5.41) is 17.6. The van der Waals surface area contributed by atoms with Crippen LogP contribution in [0.2, 0.25) is 0 Å². The molecule has 0 spiro atoms. The zero-order valence-corrected chi connectivity index (χ0v) is 8.39. The van der Waals surface area contributed by atoms with Crippen LogP contribution in [0.5, 0.6) is 0 Å². The molecule has 0 aromatic rings. The Morgan fingerprint density at radius 2 is 1.79 bits per heavy atom. The molecular weight excluding hydrogens is 220 g/mol. The number of rotatable bonds is 6. The number of aliphatic hydroxyl groups is 2. The van der Waals surface area contributed by atoms with Crippen molar-refractivity contribution < 1.29 is 27.4 Å². The lowest BCUT2D eigenvalue weighted by molar-refractivity contribution is 0.103. The lowest BCUT2D eigenvalue weighted by atomic mass is 10.0. The number of alkyl halides is 2. The van der Waals surface area contributed by atoms with Crippen LogP contribution in [0.1, 0.15) is 13.3 Å². The van der Waals surface area contributed by atoms with Crippen LogP contribution in [0.3, 0.4) is 0 Å². The van der Waals surface area contributed by atoms with Crippen molar-refractivity contribution in [2.75, 3.05) is 13.2 Å². The Morgan fingerprint density at radius 1 is 1.36 bits per heavy atom. The van der Waals surface area contributed by atoms with E-state index in [1.54, 1.807) is 4.72 Å². The molecule has 3 N–H and O–H groups in total. The Morgan fingerprint density at radius 3 is 2.00 bits per heavy atom. The fraction of sp³-hybridized carbons (Fsp3) is 1.00. The summed E-state index contributed by atoms with van der Waals surface area (Å²) < 4.78 is 46.9. The molecule has 14 heavy (non-hydrogen) atoms. The second kappa shape index (κ2) is 4.96. The van der Waals surface area contributed by atoms with Gasteiger partial charge in [-0.1, -0.05) is 6.92 Å². The van der Waals surface area contributed by atoms with Gasteiger partial charge in [-0.3, -0.25) is 0 Å². The first kappa shape index (κ1) is 13.7. The second-order valence-corrected chi connectivity index (χ2v) is 4.51. The molecule has 0 fully saturated rings. The molecule has 0 atom stereocenters. The highest BCUT2D eigenvalue weighted by molar-refractivity contribution is 7.89. The highest BCUT2D eigenvalue weighted by Crippen LogP contribution is 2.13. The molecular formula is C6H13F2NO4S. The summed E-state index contributed by atoms with van der Waals surface area (Å²) in [6.07, 6.45) is 0.00590. The van der Waals surface area contributed by atoms with Gasteiger partial charge in [-0.2, -0.15) is 13.5 Å². The molecule has 0 aromatic heterocycles. The molecule has 0 saturated heterocycles. The summed E-state index contributed by atoms with van der Waals surface area (Å²) in [5.74, 6) is -3.58. The van der Waals surface area contributed by atoms with Crippen LogP contribution in [-0.2, 0) is 10.0 Å². The van der Waals surface area contributed by atoms with Crippen LogP contribution < -0.4 is 4.72 Å². The van der Waals surface area contributed by atoms with E-state index in [-0.39, 0.29) is 6.42 Å². The third kappa shape index (κ3) is 3.12. The highest BCUT2D eigenvalue weighted by Gasteiger charge is 2.36. The minimum Gasteiger partial charge on any atom is -0.394 e.